The number of benzene rings is 1. The molecule has 2 heterocycles. The van der Waals surface area contributed by atoms with E-state index in [-0.39, 0.29) is 11.9 Å². The summed E-state index contributed by atoms with van der Waals surface area (Å²) in [6.45, 7) is 3.83. The van der Waals surface area contributed by atoms with Gasteiger partial charge in [0, 0.05) is 37.2 Å². The summed E-state index contributed by atoms with van der Waals surface area (Å²) in [4.78, 5) is 17.3. The number of ether oxygens (including phenoxy) is 3. The third-order valence-corrected chi connectivity index (χ3v) is 4.51. The Labute approximate surface area is 136 Å². The van der Waals surface area contributed by atoms with Gasteiger partial charge in [0.2, 0.25) is 0 Å². The Morgan fingerprint density at radius 2 is 1.78 bits per heavy atom. The Bertz CT molecular complexity index is 555. The minimum Gasteiger partial charge on any atom is -0.497 e. The summed E-state index contributed by atoms with van der Waals surface area (Å²) in [6, 6.07) is 5.39. The molecule has 1 amide bonds. The topological polar surface area (TPSA) is 51.2 Å². The molecule has 0 spiro atoms. The predicted octanol–water partition coefficient (Wildman–Crippen LogP) is 1.11. The summed E-state index contributed by atoms with van der Waals surface area (Å²) in [6.07, 6.45) is 0. The fourth-order valence-electron chi connectivity index (χ4n) is 3.42. The van der Waals surface area contributed by atoms with Gasteiger partial charge in [-0.1, -0.05) is 0 Å². The van der Waals surface area contributed by atoms with Gasteiger partial charge in [-0.2, -0.15) is 0 Å². The van der Waals surface area contributed by atoms with Gasteiger partial charge in [-0.3, -0.25) is 4.79 Å². The van der Waals surface area contributed by atoms with Gasteiger partial charge in [0.15, 0.2) is 0 Å². The first-order valence-electron chi connectivity index (χ1n) is 7.91. The number of amides is 1. The van der Waals surface area contributed by atoms with Crippen molar-refractivity contribution < 1.29 is 19.0 Å². The summed E-state index contributed by atoms with van der Waals surface area (Å²) in [5.74, 6) is 1.61. The number of carbonyl (C=O) groups is 1. The molecule has 0 unspecified atom stereocenters. The van der Waals surface area contributed by atoms with E-state index in [2.05, 4.69) is 11.9 Å². The van der Waals surface area contributed by atoms with E-state index in [1.54, 1.807) is 32.4 Å². The number of likely N-dealkylation sites (N-methyl/N-ethyl adjacent to an activating group) is 1. The molecule has 0 radical (unpaired) electrons. The molecule has 2 aliphatic heterocycles. The molecule has 126 valence electrons. The second-order valence-electron chi connectivity index (χ2n) is 6.34. The van der Waals surface area contributed by atoms with Crippen molar-refractivity contribution in [2.45, 2.75) is 6.04 Å². The van der Waals surface area contributed by atoms with Gasteiger partial charge in [0.25, 0.3) is 5.91 Å². The summed E-state index contributed by atoms with van der Waals surface area (Å²) < 4.78 is 16.3. The van der Waals surface area contributed by atoms with Crippen LogP contribution in [0, 0.1) is 5.92 Å². The van der Waals surface area contributed by atoms with Crippen molar-refractivity contribution in [2.75, 3.05) is 54.1 Å². The Morgan fingerprint density at radius 3 is 2.43 bits per heavy atom. The normalized spacial score (nSPS) is 24.9. The highest BCUT2D eigenvalue weighted by Crippen LogP contribution is 2.26. The first-order valence-corrected chi connectivity index (χ1v) is 7.91. The van der Waals surface area contributed by atoms with Crippen molar-refractivity contribution >= 4 is 5.91 Å². The van der Waals surface area contributed by atoms with Gasteiger partial charge in [-0.05, 0) is 19.2 Å². The van der Waals surface area contributed by atoms with E-state index in [4.69, 9.17) is 14.2 Å². The van der Waals surface area contributed by atoms with Gasteiger partial charge in [-0.15, -0.1) is 0 Å². The number of hydrogen-bond acceptors (Lipinski definition) is 5. The molecule has 2 atom stereocenters. The molecule has 23 heavy (non-hydrogen) atoms. The maximum atomic E-state index is 13.1. The molecule has 6 heteroatoms. The van der Waals surface area contributed by atoms with Crippen LogP contribution in [0.15, 0.2) is 18.2 Å². The highest BCUT2D eigenvalue weighted by atomic mass is 16.5. The predicted molar refractivity (Wildman–Crippen MR) is 86.2 cm³/mol. The van der Waals surface area contributed by atoms with Crippen molar-refractivity contribution in [3.05, 3.63) is 23.8 Å². The van der Waals surface area contributed by atoms with E-state index in [0.29, 0.717) is 36.2 Å². The number of nitrogens with zero attached hydrogens (tertiary/aromatic N) is 2. The third-order valence-electron chi connectivity index (χ3n) is 4.51. The van der Waals surface area contributed by atoms with Gasteiger partial charge < -0.3 is 24.0 Å². The molecule has 0 aromatic heterocycles. The Kier molecular flexibility index (Phi) is 4.73. The van der Waals surface area contributed by atoms with Crippen LogP contribution in [0.4, 0.5) is 0 Å². The van der Waals surface area contributed by atoms with Crippen LogP contribution in [0.25, 0.3) is 0 Å². The molecule has 2 fully saturated rings. The first kappa shape index (κ1) is 16.1. The maximum absolute atomic E-state index is 13.1. The van der Waals surface area contributed by atoms with Crippen LogP contribution in [0.1, 0.15) is 10.4 Å². The van der Waals surface area contributed by atoms with Gasteiger partial charge in [0.1, 0.15) is 11.5 Å². The second kappa shape index (κ2) is 6.76. The lowest BCUT2D eigenvalue weighted by molar-refractivity contribution is 0.0483. The van der Waals surface area contributed by atoms with Crippen LogP contribution in [0.3, 0.4) is 0 Å². The molecular weight excluding hydrogens is 296 g/mol. The minimum atomic E-state index is 0.0120. The average molecular weight is 320 g/mol. The van der Waals surface area contributed by atoms with Gasteiger partial charge in [-0.25, -0.2) is 0 Å². The van der Waals surface area contributed by atoms with Crippen LogP contribution >= 0.6 is 0 Å². The maximum Gasteiger partial charge on any atom is 0.254 e. The third kappa shape index (κ3) is 3.43. The Hall–Kier alpha value is -1.79. The minimum absolute atomic E-state index is 0.0120. The summed E-state index contributed by atoms with van der Waals surface area (Å²) in [5, 5.41) is 0. The molecule has 0 N–H and O–H groups in total. The quantitative estimate of drug-likeness (QED) is 0.835. The molecule has 1 aromatic carbocycles. The monoisotopic (exact) mass is 320 g/mol. The fourth-order valence-corrected chi connectivity index (χ4v) is 3.42. The molecule has 3 rings (SSSR count). The Morgan fingerprint density at radius 1 is 1.09 bits per heavy atom. The van der Waals surface area contributed by atoms with Crippen molar-refractivity contribution in [1.29, 1.82) is 0 Å². The SMILES string of the molecule is COc1cc(OC)cc(C(=O)N2C[C@H]3COC[C@@H]2CN(C)C3)c1. The summed E-state index contributed by atoms with van der Waals surface area (Å²) in [5.41, 5.74) is 0.594. The molecule has 0 aliphatic carbocycles. The van der Waals surface area contributed by atoms with Crippen molar-refractivity contribution in [2.24, 2.45) is 5.92 Å². The highest BCUT2D eigenvalue weighted by molar-refractivity contribution is 5.95. The first-order chi connectivity index (χ1) is 11.1. The van der Waals surface area contributed by atoms with E-state index in [1.165, 1.54) is 0 Å². The highest BCUT2D eigenvalue weighted by Gasteiger charge is 2.35. The van der Waals surface area contributed by atoms with Gasteiger partial charge >= 0.3 is 0 Å². The van der Waals surface area contributed by atoms with Gasteiger partial charge in [0.05, 0.1) is 33.5 Å². The zero-order valence-corrected chi connectivity index (χ0v) is 13.9. The van der Waals surface area contributed by atoms with E-state index < -0.39 is 0 Å². The molecule has 2 saturated heterocycles. The molecular formula is C17H24N2O4. The van der Waals surface area contributed by atoms with E-state index in [0.717, 1.165) is 19.6 Å². The number of fused-ring (bicyclic) bond motifs is 3. The smallest absolute Gasteiger partial charge is 0.254 e. The lowest BCUT2D eigenvalue weighted by Gasteiger charge is -2.30. The molecule has 2 aliphatic rings. The van der Waals surface area contributed by atoms with Crippen LogP contribution in [-0.2, 0) is 4.74 Å². The van der Waals surface area contributed by atoms with Crippen molar-refractivity contribution in [3.8, 4) is 11.5 Å². The number of methoxy groups -OCH3 is 2. The zero-order chi connectivity index (χ0) is 16.4. The number of rotatable bonds is 3. The van der Waals surface area contributed by atoms with Crippen LogP contribution < -0.4 is 9.47 Å². The lowest BCUT2D eigenvalue weighted by atomic mass is 10.1. The van der Waals surface area contributed by atoms with E-state index >= 15 is 0 Å². The molecule has 2 bridgehead atoms. The largest absolute Gasteiger partial charge is 0.497 e. The number of hydrogen-bond donors (Lipinski definition) is 0. The lowest BCUT2D eigenvalue weighted by Crippen LogP contribution is -2.45. The molecule has 1 aromatic rings. The van der Waals surface area contributed by atoms with E-state index in [9.17, 15) is 4.79 Å². The Balaban J connectivity index is 1.90. The fraction of sp³-hybridized carbons (Fsp3) is 0.588. The summed E-state index contributed by atoms with van der Waals surface area (Å²) in [7, 11) is 5.28. The van der Waals surface area contributed by atoms with Crippen molar-refractivity contribution in [3.63, 3.8) is 0 Å². The second-order valence-corrected chi connectivity index (χ2v) is 6.34. The van der Waals surface area contributed by atoms with Crippen LogP contribution in [0.2, 0.25) is 0 Å². The average Bonchev–Trinajstić information content (AvgIpc) is 2.83. The van der Waals surface area contributed by atoms with Crippen molar-refractivity contribution in [1.82, 2.24) is 9.80 Å². The van der Waals surface area contributed by atoms with E-state index in [1.807, 2.05) is 4.90 Å². The summed E-state index contributed by atoms with van der Waals surface area (Å²) >= 11 is 0. The van der Waals surface area contributed by atoms with Crippen LogP contribution in [0.5, 0.6) is 11.5 Å². The number of carbonyl (C=O) groups excluding carboxylic acids is 1. The zero-order valence-electron chi connectivity index (χ0n) is 13.9. The molecule has 6 nitrogen and oxygen atoms in total. The molecule has 0 saturated carbocycles. The van der Waals surface area contributed by atoms with Crippen LogP contribution in [-0.4, -0.2) is 75.9 Å². The standard InChI is InChI=1S/C17H24N2O4/c1-18-7-12-8-19(14(9-18)11-23-10-12)17(20)13-4-15(21-2)6-16(5-13)22-3/h4-6,12,14H,7-11H2,1-3H3/t12-,14-/m0/s1.